The average Bonchev–Trinajstić information content (AvgIpc) is 2.27. The molecule has 0 aliphatic carbocycles. The Morgan fingerprint density at radius 3 is 2.28 bits per heavy atom. The van der Waals surface area contributed by atoms with Gasteiger partial charge in [-0.2, -0.15) is 0 Å². The van der Waals surface area contributed by atoms with Crippen molar-refractivity contribution in [3.8, 4) is 0 Å². The number of hydrogen-bond donors (Lipinski definition) is 0. The Balaban J connectivity index is 2.69. The van der Waals surface area contributed by atoms with E-state index in [1.54, 1.807) is 6.08 Å². The highest BCUT2D eigenvalue weighted by Gasteiger charge is 2.18. The van der Waals surface area contributed by atoms with Crippen LogP contribution in [0.15, 0.2) is 30.8 Å². The van der Waals surface area contributed by atoms with E-state index in [1.807, 2.05) is 38.4 Å². The van der Waals surface area contributed by atoms with Crippen molar-refractivity contribution in [1.29, 1.82) is 0 Å². The van der Waals surface area contributed by atoms with Crippen LogP contribution >= 0.6 is 0 Å². The van der Waals surface area contributed by atoms with Crippen LogP contribution in [0.2, 0.25) is 0 Å². The Morgan fingerprint density at radius 1 is 1.28 bits per heavy atom. The van der Waals surface area contributed by atoms with Crippen LogP contribution in [0.4, 0.5) is 5.69 Å². The molecule has 0 atom stereocenters. The molecule has 100 valence electrons. The van der Waals surface area contributed by atoms with Crippen LogP contribution in [0, 0.1) is 0 Å². The molecule has 0 N–H and O–H groups in total. The molecule has 4 nitrogen and oxygen atoms in total. The van der Waals surface area contributed by atoms with Crippen molar-refractivity contribution in [3.05, 3.63) is 36.4 Å². The van der Waals surface area contributed by atoms with E-state index in [0.29, 0.717) is 17.4 Å². The van der Waals surface area contributed by atoms with E-state index >= 15 is 0 Å². The lowest BCUT2D eigenvalue weighted by Gasteiger charge is -2.29. The quantitative estimate of drug-likeness (QED) is 0.585. The minimum atomic E-state index is -4.11. The predicted molar refractivity (Wildman–Crippen MR) is 74.2 cm³/mol. The molecule has 0 unspecified atom stereocenters. The monoisotopic (exact) mass is 269 g/mol. The summed E-state index contributed by atoms with van der Waals surface area (Å²) in [5.74, 6) is -0.306. The zero-order chi connectivity index (χ0) is 13.8. The molecule has 0 aliphatic heterocycles. The van der Waals surface area contributed by atoms with Gasteiger partial charge in [0.15, 0.2) is 0 Å². The minimum Gasteiger partial charge on any atom is -0.748 e. The molecule has 0 spiro atoms. The number of benzene rings is 1. The molecule has 0 fully saturated rings. The fourth-order valence-corrected chi connectivity index (χ4v) is 2.26. The highest BCUT2D eigenvalue weighted by molar-refractivity contribution is 7.85. The molecule has 0 bridgehead atoms. The highest BCUT2D eigenvalue weighted by atomic mass is 32.2. The average molecular weight is 269 g/mol. The lowest BCUT2D eigenvalue weighted by Crippen LogP contribution is -2.41. The number of hydrogen-bond acceptors (Lipinski definition) is 3. The first-order valence-corrected chi connectivity index (χ1v) is 7.32. The molecular weight excluding hydrogens is 250 g/mol. The smallest absolute Gasteiger partial charge is 0.132 e. The molecule has 18 heavy (non-hydrogen) atoms. The standard InChI is InChI=1S/C13H19NO3S/c1-4-12-6-8-13(9-7-12)14(2,3)10-5-11-18(15,16)17/h4,6-9H,1,5,10-11H2,2-3H3. The van der Waals surface area contributed by atoms with Crippen LogP contribution in [0.1, 0.15) is 12.0 Å². The number of quaternary nitrogens is 1. The summed E-state index contributed by atoms with van der Waals surface area (Å²) in [5.41, 5.74) is 2.12. The number of rotatable bonds is 6. The summed E-state index contributed by atoms with van der Waals surface area (Å²) in [6.07, 6.45) is 2.13. The van der Waals surface area contributed by atoms with Gasteiger partial charge in [0.1, 0.15) is 5.69 Å². The second-order valence-corrected chi connectivity index (χ2v) is 6.34. The summed E-state index contributed by atoms with van der Waals surface area (Å²) in [4.78, 5) is 0. The fraction of sp³-hybridized carbons (Fsp3) is 0.385. The Hall–Kier alpha value is -1.17. The highest BCUT2D eigenvalue weighted by Crippen LogP contribution is 2.20. The Bertz CT molecular complexity index is 504. The van der Waals surface area contributed by atoms with Crippen molar-refractivity contribution in [3.63, 3.8) is 0 Å². The van der Waals surface area contributed by atoms with E-state index in [0.717, 1.165) is 11.3 Å². The Labute approximate surface area is 109 Å². The van der Waals surface area contributed by atoms with Crippen molar-refractivity contribution in [2.45, 2.75) is 6.42 Å². The molecule has 5 heteroatoms. The van der Waals surface area contributed by atoms with Gasteiger partial charge < -0.3 is 4.55 Å². The maximum Gasteiger partial charge on any atom is 0.132 e. The van der Waals surface area contributed by atoms with Crippen LogP contribution < -0.4 is 4.48 Å². The second-order valence-electron chi connectivity index (χ2n) is 4.82. The second kappa shape index (κ2) is 5.65. The summed E-state index contributed by atoms with van der Waals surface area (Å²) in [6, 6.07) is 7.91. The molecule has 0 aliphatic rings. The zero-order valence-corrected chi connectivity index (χ0v) is 11.6. The van der Waals surface area contributed by atoms with Crippen LogP contribution in [0.25, 0.3) is 6.08 Å². The molecule has 0 saturated carbocycles. The molecule has 0 saturated heterocycles. The van der Waals surface area contributed by atoms with Crippen LogP contribution in [-0.4, -0.2) is 39.4 Å². The SMILES string of the molecule is C=Cc1ccc([N+](C)(C)CCCS(=O)(=O)[O-])cc1. The van der Waals surface area contributed by atoms with E-state index in [4.69, 9.17) is 0 Å². The van der Waals surface area contributed by atoms with Gasteiger partial charge in [-0.05, 0) is 29.8 Å². The molecule has 1 rings (SSSR count). The van der Waals surface area contributed by atoms with Crippen molar-refractivity contribution in [2.24, 2.45) is 0 Å². The molecule has 0 aromatic heterocycles. The first-order chi connectivity index (χ1) is 8.24. The van der Waals surface area contributed by atoms with Gasteiger partial charge in [0.2, 0.25) is 0 Å². The minimum absolute atomic E-state index is 0.306. The third-order valence-electron chi connectivity index (χ3n) is 2.94. The van der Waals surface area contributed by atoms with Crippen molar-refractivity contribution in [2.75, 3.05) is 26.4 Å². The van der Waals surface area contributed by atoms with Gasteiger partial charge in [-0.15, -0.1) is 0 Å². The van der Waals surface area contributed by atoms with Crippen LogP contribution in [-0.2, 0) is 10.1 Å². The van der Waals surface area contributed by atoms with E-state index in [-0.39, 0.29) is 5.75 Å². The van der Waals surface area contributed by atoms with Crippen molar-refractivity contribution < 1.29 is 13.0 Å². The van der Waals surface area contributed by atoms with Crippen LogP contribution in [0.3, 0.4) is 0 Å². The third-order valence-corrected chi connectivity index (χ3v) is 3.73. The first kappa shape index (κ1) is 14.9. The summed E-state index contributed by atoms with van der Waals surface area (Å²) in [7, 11) is -0.140. The van der Waals surface area contributed by atoms with E-state index < -0.39 is 10.1 Å². The Morgan fingerprint density at radius 2 is 1.83 bits per heavy atom. The molecule has 0 heterocycles. The van der Waals surface area contributed by atoms with Gasteiger partial charge in [-0.3, -0.25) is 4.48 Å². The molecule has 1 aromatic rings. The van der Waals surface area contributed by atoms with E-state index in [9.17, 15) is 13.0 Å². The van der Waals surface area contributed by atoms with Crippen LogP contribution in [0.5, 0.6) is 0 Å². The zero-order valence-electron chi connectivity index (χ0n) is 10.8. The van der Waals surface area contributed by atoms with Crippen molar-refractivity contribution >= 4 is 21.9 Å². The van der Waals surface area contributed by atoms with Gasteiger partial charge in [-0.1, -0.05) is 12.7 Å². The lowest BCUT2D eigenvalue weighted by atomic mass is 10.2. The van der Waals surface area contributed by atoms with Gasteiger partial charge in [0.05, 0.1) is 30.8 Å². The van der Waals surface area contributed by atoms with Gasteiger partial charge in [-0.25, -0.2) is 8.42 Å². The molecule has 0 radical (unpaired) electrons. The molecular formula is C13H19NO3S. The maximum absolute atomic E-state index is 10.6. The fourth-order valence-electron chi connectivity index (χ4n) is 1.78. The first-order valence-electron chi connectivity index (χ1n) is 5.74. The van der Waals surface area contributed by atoms with Gasteiger partial charge >= 0.3 is 0 Å². The summed E-state index contributed by atoms with van der Waals surface area (Å²) < 4.78 is 32.2. The van der Waals surface area contributed by atoms with Crippen molar-refractivity contribution in [1.82, 2.24) is 4.48 Å². The van der Waals surface area contributed by atoms with Gasteiger partial charge in [0.25, 0.3) is 0 Å². The number of nitrogens with zero attached hydrogens (tertiary/aromatic N) is 1. The summed E-state index contributed by atoms with van der Waals surface area (Å²) in [5, 5.41) is 0. The Kier molecular flexibility index (Phi) is 4.67. The molecule has 1 aromatic carbocycles. The van der Waals surface area contributed by atoms with E-state index in [2.05, 4.69) is 6.58 Å². The summed E-state index contributed by atoms with van der Waals surface area (Å²) >= 11 is 0. The predicted octanol–water partition coefficient (Wildman–Crippen LogP) is 1.83. The lowest BCUT2D eigenvalue weighted by molar-refractivity contribution is 0.393. The summed E-state index contributed by atoms with van der Waals surface area (Å²) in [6.45, 7) is 4.30. The third kappa shape index (κ3) is 4.60. The largest absolute Gasteiger partial charge is 0.748 e. The maximum atomic E-state index is 10.6. The topological polar surface area (TPSA) is 57.2 Å². The molecule has 0 amide bonds. The van der Waals surface area contributed by atoms with E-state index in [1.165, 1.54) is 0 Å². The normalized spacial score (nSPS) is 12.4. The van der Waals surface area contributed by atoms with Gasteiger partial charge in [0, 0.05) is 12.2 Å².